The summed E-state index contributed by atoms with van der Waals surface area (Å²) in [6.45, 7) is 2.42. The van der Waals surface area contributed by atoms with E-state index in [2.05, 4.69) is 0 Å². The summed E-state index contributed by atoms with van der Waals surface area (Å²) < 4.78 is 5.36. The fraction of sp³-hybridized carbons (Fsp3) is 0.600. The van der Waals surface area contributed by atoms with Crippen molar-refractivity contribution < 1.29 is 14.3 Å². The number of hydrogen-bond donors (Lipinski definition) is 2. The van der Waals surface area contributed by atoms with Gasteiger partial charge in [-0.25, -0.2) is 5.84 Å². The summed E-state index contributed by atoms with van der Waals surface area (Å²) in [5, 5.41) is 1.11. The van der Waals surface area contributed by atoms with Crippen molar-refractivity contribution in [2.45, 2.75) is 31.9 Å². The molecule has 6 nitrogen and oxygen atoms in total. The second-order valence-electron chi connectivity index (χ2n) is 3.66. The molecule has 0 aromatic rings. The van der Waals surface area contributed by atoms with Gasteiger partial charge in [0.15, 0.2) is 17.9 Å². The summed E-state index contributed by atoms with van der Waals surface area (Å²) in [4.78, 5) is 22.7. The Hall–Kier alpha value is -1.40. The SMILES string of the molecule is CCCCOC1C(=O)C=CN(N)C1C(N)=O. The number of rotatable bonds is 5. The van der Waals surface area contributed by atoms with E-state index in [0.717, 1.165) is 17.9 Å². The summed E-state index contributed by atoms with van der Waals surface area (Å²) in [6.07, 6.45) is 3.50. The summed E-state index contributed by atoms with van der Waals surface area (Å²) in [5.41, 5.74) is 5.19. The number of hydrogen-bond acceptors (Lipinski definition) is 5. The number of nitrogens with zero attached hydrogens (tertiary/aromatic N) is 1. The van der Waals surface area contributed by atoms with E-state index in [9.17, 15) is 9.59 Å². The first kappa shape index (κ1) is 12.7. The first-order valence-corrected chi connectivity index (χ1v) is 5.24. The monoisotopic (exact) mass is 227 g/mol. The number of ether oxygens (including phenoxy) is 1. The van der Waals surface area contributed by atoms with Crippen LogP contribution in [0.25, 0.3) is 0 Å². The first-order chi connectivity index (χ1) is 7.57. The van der Waals surface area contributed by atoms with Gasteiger partial charge in [0.2, 0.25) is 5.91 Å². The van der Waals surface area contributed by atoms with Crippen molar-refractivity contribution in [1.82, 2.24) is 5.01 Å². The number of unbranched alkanes of at least 4 members (excludes halogenated alkanes) is 1. The molecule has 6 heteroatoms. The molecule has 0 aromatic carbocycles. The molecule has 0 aromatic heterocycles. The van der Waals surface area contributed by atoms with Gasteiger partial charge >= 0.3 is 0 Å². The highest BCUT2D eigenvalue weighted by molar-refractivity contribution is 5.99. The topological polar surface area (TPSA) is 98.7 Å². The highest BCUT2D eigenvalue weighted by atomic mass is 16.5. The Morgan fingerprint density at radius 1 is 1.62 bits per heavy atom. The number of amides is 1. The summed E-state index contributed by atoms with van der Waals surface area (Å²) in [7, 11) is 0. The van der Waals surface area contributed by atoms with Gasteiger partial charge in [-0.3, -0.25) is 9.59 Å². The third kappa shape index (κ3) is 2.80. The van der Waals surface area contributed by atoms with E-state index in [-0.39, 0.29) is 5.78 Å². The van der Waals surface area contributed by atoms with Gasteiger partial charge in [-0.15, -0.1) is 0 Å². The molecule has 1 rings (SSSR count). The van der Waals surface area contributed by atoms with Crippen LogP contribution in [0.2, 0.25) is 0 Å². The molecular formula is C10H17N3O3. The number of nitrogens with two attached hydrogens (primary N) is 2. The molecule has 2 atom stereocenters. The zero-order valence-corrected chi connectivity index (χ0v) is 9.26. The lowest BCUT2D eigenvalue weighted by molar-refractivity contribution is -0.140. The minimum absolute atomic E-state index is 0.276. The van der Waals surface area contributed by atoms with Gasteiger partial charge in [-0.05, 0) is 6.42 Å². The van der Waals surface area contributed by atoms with Gasteiger partial charge in [0.25, 0.3) is 0 Å². The zero-order valence-electron chi connectivity index (χ0n) is 9.26. The maximum atomic E-state index is 11.5. The fourth-order valence-electron chi connectivity index (χ4n) is 1.48. The van der Waals surface area contributed by atoms with Crippen LogP contribution in [0.4, 0.5) is 0 Å². The predicted octanol–water partition coefficient (Wildman–Crippen LogP) is -0.702. The molecule has 1 aliphatic rings. The molecular weight excluding hydrogens is 210 g/mol. The Morgan fingerprint density at radius 3 is 2.88 bits per heavy atom. The highest BCUT2D eigenvalue weighted by Gasteiger charge is 2.37. The molecule has 0 bridgehead atoms. The molecule has 0 radical (unpaired) electrons. The molecule has 4 N–H and O–H groups in total. The zero-order chi connectivity index (χ0) is 12.1. The standard InChI is InChI=1S/C10H17N3O3/c1-2-3-6-16-9-7(14)4-5-13(12)8(9)10(11)15/h4-5,8-9H,2-3,6,12H2,1H3,(H2,11,15). The average Bonchev–Trinajstić information content (AvgIpc) is 2.23. The van der Waals surface area contributed by atoms with Crippen molar-refractivity contribution in [2.24, 2.45) is 11.6 Å². The Labute approximate surface area is 94.2 Å². The smallest absolute Gasteiger partial charge is 0.244 e. The normalized spacial score (nSPS) is 24.9. The molecule has 1 amide bonds. The van der Waals surface area contributed by atoms with Crippen molar-refractivity contribution in [2.75, 3.05) is 6.61 Å². The molecule has 1 aliphatic heterocycles. The van der Waals surface area contributed by atoms with Crippen LogP contribution in [0.1, 0.15) is 19.8 Å². The second-order valence-corrected chi connectivity index (χ2v) is 3.66. The molecule has 0 spiro atoms. The molecule has 0 fully saturated rings. The van der Waals surface area contributed by atoms with Crippen molar-refractivity contribution in [3.05, 3.63) is 12.3 Å². The highest BCUT2D eigenvalue weighted by Crippen LogP contribution is 2.13. The summed E-state index contributed by atoms with van der Waals surface area (Å²) >= 11 is 0. The minimum atomic E-state index is -0.922. The minimum Gasteiger partial charge on any atom is -0.368 e. The van der Waals surface area contributed by atoms with Gasteiger partial charge in [0.1, 0.15) is 0 Å². The van der Waals surface area contributed by atoms with Gasteiger partial charge in [0.05, 0.1) is 0 Å². The number of carbonyl (C=O) groups is 2. The van der Waals surface area contributed by atoms with Crippen molar-refractivity contribution >= 4 is 11.7 Å². The van der Waals surface area contributed by atoms with Crippen LogP contribution in [-0.4, -0.2) is 35.5 Å². The van der Waals surface area contributed by atoms with Crippen molar-refractivity contribution in [1.29, 1.82) is 0 Å². The third-order valence-corrected chi connectivity index (χ3v) is 2.39. The quantitative estimate of drug-likeness (QED) is 0.478. The Morgan fingerprint density at radius 2 is 2.31 bits per heavy atom. The second kappa shape index (κ2) is 5.62. The maximum absolute atomic E-state index is 11.5. The van der Waals surface area contributed by atoms with Crippen molar-refractivity contribution in [3.8, 4) is 0 Å². The van der Waals surface area contributed by atoms with E-state index in [0.29, 0.717) is 6.61 Å². The molecule has 90 valence electrons. The van der Waals surface area contributed by atoms with Crippen LogP contribution in [-0.2, 0) is 14.3 Å². The molecule has 1 heterocycles. The maximum Gasteiger partial charge on any atom is 0.244 e. The fourth-order valence-corrected chi connectivity index (χ4v) is 1.48. The Kier molecular flexibility index (Phi) is 4.45. The van der Waals surface area contributed by atoms with Crippen LogP contribution >= 0.6 is 0 Å². The first-order valence-electron chi connectivity index (χ1n) is 5.24. The van der Waals surface area contributed by atoms with Gasteiger partial charge in [-0.1, -0.05) is 13.3 Å². The van der Waals surface area contributed by atoms with Gasteiger partial charge in [0, 0.05) is 18.9 Å². The van der Waals surface area contributed by atoms with Crippen LogP contribution in [0.3, 0.4) is 0 Å². The van der Waals surface area contributed by atoms with E-state index in [1.807, 2.05) is 6.92 Å². The van der Waals surface area contributed by atoms with Gasteiger partial charge in [-0.2, -0.15) is 0 Å². The predicted molar refractivity (Wildman–Crippen MR) is 57.8 cm³/mol. The number of hydrazine groups is 1. The number of carbonyl (C=O) groups excluding carboxylic acids is 2. The van der Waals surface area contributed by atoms with Crippen LogP contribution in [0, 0.1) is 0 Å². The van der Waals surface area contributed by atoms with Crippen LogP contribution < -0.4 is 11.6 Å². The van der Waals surface area contributed by atoms with Crippen LogP contribution in [0.5, 0.6) is 0 Å². The molecule has 0 saturated carbocycles. The molecule has 0 aliphatic carbocycles. The Bertz CT molecular complexity index is 304. The lowest BCUT2D eigenvalue weighted by Gasteiger charge is -2.32. The van der Waals surface area contributed by atoms with E-state index < -0.39 is 18.1 Å². The van der Waals surface area contributed by atoms with Crippen molar-refractivity contribution in [3.63, 3.8) is 0 Å². The van der Waals surface area contributed by atoms with E-state index in [1.165, 1.54) is 12.3 Å². The molecule has 0 saturated heterocycles. The summed E-state index contributed by atoms with van der Waals surface area (Å²) in [6, 6.07) is -0.922. The van der Waals surface area contributed by atoms with Crippen LogP contribution in [0.15, 0.2) is 12.3 Å². The summed E-state index contributed by atoms with van der Waals surface area (Å²) in [5.74, 6) is 4.61. The molecule has 2 unspecified atom stereocenters. The third-order valence-electron chi connectivity index (χ3n) is 2.39. The van der Waals surface area contributed by atoms with E-state index in [1.54, 1.807) is 0 Å². The average molecular weight is 227 g/mol. The largest absolute Gasteiger partial charge is 0.368 e. The Balaban J connectivity index is 2.71. The van der Waals surface area contributed by atoms with E-state index in [4.69, 9.17) is 16.3 Å². The van der Waals surface area contributed by atoms with E-state index >= 15 is 0 Å². The molecule has 16 heavy (non-hydrogen) atoms. The lowest BCUT2D eigenvalue weighted by atomic mass is 10.0. The number of ketones is 1. The lowest BCUT2D eigenvalue weighted by Crippen LogP contribution is -2.58. The number of primary amides is 1. The van der Waals surface area contributed by atoms with Gasteiger partial charge < -0.3 is 15.5 Å².